The third-order valence-corrected chi connectivity index (χ3v) is 4.24. The fourth-order valence-corrected chi connectivity index (χ4v) is 2.76. The number of nitrogens with two attached hydrogens (primary N) is 1. The lowest BCUT2D eigenvalue weighted by atomic mass is 10.0. The van der Waals surface area contributed by atoms with E-state index in [1.54, 1.807) is 4.90 Å². The molecule has 6 heteroatoms. The summed E-state index contributed by atoms with van der Waals surface area (Å²) >= 11 is 0. The molecule has 0 aromatic heterocycles. The Labute approximate surface area is 134 Å². The minimum atomic E-state index is -0.419. The second kappa shape index (κ2) is 9.10. The van der Waals surface area contributed by atoms with Gasteiger partial charge in [0.25, 0.3) is 0 Å². The van der Waals surface area contributed by atoms with E-state index >= 15 is 0 Å². The van der Waals surface area contributed by atoms with E-state index < -0.39 is 6.04 Å². The van der Waals surface area contributed by atoms with Crippen molar-refractivity contribution in [3.8, 4) is 0 Å². The summed E-state index contributed by atoms with van der Waals surface area (Å²) in [5.41, 5.74) is 5.97. The second-order valence-corrected chi connectivity index (χ2v) is 6.40. The molecule has 0 aromatic rings. The molecule has 1 aliphatic rings. The number of rotatable bonds is 7. The number of hydrogen-bond donors (Lipinski definition) is 1. The van der Waals surface area contributed by atoms with Crippen LogP contribution in [0, 0.1) is 5.92 Å². The van der Waals surface area contributed by atoms with Crippen molar-refractivity contribution in [3.63, 3.8) is 0 Å². The van der Waals surface area contributed by atoms with E-state index in [1.807, 2.05) is 4.90 Å². The third kappa shape index (κ3) is 5.57. The van der Waals surface area contributed by atoms with Crippen molar-refractivity contribution in [1.29, 1.82) is 0 Å². The summed E-state index contributed by atoms with van der Waals surface area (Å²) in [7, 11) is 0. The van der Waals surface area contributed by atoms with E-state index in [2.05, 4.69) is 32.6 Å². The number of hydrogen-bond acceptors (Lipinski definition) is 4. The van der Waals surface area contributed by atoms with Crippen molar-refractivity contribution in [1.82, 2.24) is 14.7 Å². The Morgan fingerprint density at radius 3 is 2.00 bits per heavy atom. The Morgan fingerprint density at radius 1 is 1.05 bits per heavy atom. The summed E-state index contributed by atoms with van der Waals surface area (Å²) in [5.74, 6) is 0.586. The second-order valence-electron chi connectivity index (χ2n) is 6.40. The van der Waals surface area contributed by atoms with Gasteiger partial charge in [-0.25, -0.2) is 0 Å². The number of likely N-dealkylation sites (N-methyl/N-ethyl adjacent to an activating group) is 1. The van der Waals surface area contributed by atoms with Crippen LogP contribution in [-0.2, 0) is 9.59 Å². The highest BCUT2D eigenvalue weighted by Gasteiger charge is 2.27. The molecular formula is C16H32N4O2. The SMILES string of the molecule is CCN(CC)CC(=O)N1CCN(C(=O)[C@@H](N)CC(C)C)CC1. The lowest BCUT2D eigenvalue weighted by Crippen LogP contribution is -2.55. The molecular weight excluding hydrogens is 280 g/mol. The predicted molar refractivity (Wildman–Crippen MR) is 88.4 cm³/mol. The van der Waals surface area contributed by atoms with Crippen molar-refractivity contribution in [2.24, 2.45) is 11.7 Å². The zero-order valence-electron chi connectivity index (χ0n) is 14.5. The van der Waals surface area contributed by atoms with Crippen molar-refractivity contribution >= 4 is 11.8 Å². The van der Waals surface area contributed by atoms with Crippen LogP contribution in [0.2, 0.25) is 0 Å². The van der Waals surface area contributed by atoms with Gasteiger partial charge in [0.1, 0.15) is 0 Å². The van der Waals surface area contributed by atoms with Gasteiger partial charge in [0.2, 0.25) is 11.8 Å². The van der Waals surface area contributed by atoms with Crippen LogP contribution in [0.25, 0.3) is 0 Å². The molecule has 1 rings (SSSR count). The van der Waals surface area contributed by atoms with Crippen LogP contribution in [-0.4, -0.2) is 78.4 Å². The fourth-order valence-electron chi connectivity index (χ4n) is 2.76. The van der Waals surface area contributed by atoms with Gasteiger partial charge in [-0.1, -0.05) is 27.7 Å². The van der Waals surface area contributed by atoms with Crippen molar-refractivity contribution < 1.29 is 9.59 Å². The van der Waals surface area contributed by atoms with Crippen molar-refractivity contribution in [2.45, 2.75) is 40.2 Å². The molecule has 6 nitrogen and oxygen atoms in total. The lowest BCUT2D eigenvalue weighted by molar-refractivity contribution is -0.141. The molecule has 0 bridgehead atoms. The van der Waals surface area contributed by atoms with Crippen LogP contribution in [0.3, 0.4) is 0 Å². The summed E-state index contributed by atoms with van der Waals surface area (Å²) in [6.45, 7) is 12.9. The van der Waals surface area contributed by atoms with Gasteiger partial charge in [-0.05, 0) is 25.4 Å². The Bertz CT molecular complexity index is 361. The molecule has 2 amide bonds. The minimum absolute atomic E-state index is 0.0181. The molecule has 1 saturated heterocycles. The summed E-state index contributed by atoms with van der Waals surface area (Å²) in [6, 6.07) is -0.419. The van der Waals surface area contributed by atoms with Crippen LogP contribution in [0.15, 0.2) is 0 Å². The first-order valence-corrected chi connectivity index (χ1v) is 8.43. The van der Waals surface area contributed by atoms with Gasteiger partial charge in [0.15, 0.2) is 0 Å². The average Bonchev–Trinajstić information content (AvgIpc) is 2.51. The minimum Gasteiger partial charge on any atom is -0.338 e. The largest absolute Gasteiger partial charge is 0.338 e. The Morgan fingerprint density at radius 2 is 1.55 bits per heavy atom. The normalized spacial score (nSPS) is 17.2. The Kier molecular flexibility index (Phi) is 7.82. The first-order chi connectivity index (χ1) is 10.4. The number of carbonyl (C=O) groups excluding carboxylic acids is 2. The molecule has 128 valence electrons. The van der Waals surface area contributed by atoms with Crippen molar-refractivity contribution in [3.05, 3.63) is 0 Å². The molecule has 0 spiro atoms. The molecule has 0 aliphatic carbocycles. The number of amides is 2. The number of carbonyl (C=O) groups is 2. The van der Waals surface area contributed by atoms with Crippen molar-refractivity contribution in [2.75, 3.05) is 45.8 Å². The fraction of sp³-hybridized carbons (Fsp3) is 0.875. The molecule has 1 fully saturated rings. The molecule has 2 N–H and O–H groups in total. The van der Waals surface area contributed by atoms with Crippen LogP contribution < -0.4 is 5.73 Å². The van der Waals surface area contributed by atoms with Gasteiger partial charge < -0.3 is 15.5 Å². The molecule has 0 unspecified atom stereocenters. The van der Waals surface area contributed by atoms with Gasteiger partial charge >= 0.3 is 0 Å². The van der Waals surface area contributed by atoms with E-state index in [1.165, 1.54) is 0 Å². The van der Waals surface area contributed by atoms with E-state index in [-0.39, 0.29) is 11.8 Å². The smallest absolute Gasteiger partial charge is 0.239 e. The van der Waals surface area contributed by atoms with Crippen LogP contribution >= 0.6 is 0 Å². The maximum absolute atomic E-state index is 12.3. The standard InChI is InChI=1S/C16H32N4O2/c1-5-18(6-2)12-15(21)19-7-9-20(10-8-19)16(22)14(17)11-13(3)4/h13-14H,5-12,17H2,1-4H3/t14-/m0/s1. The van der Waals surface area contributed by atoms with E-state index in [9.17, 15) is 9.59 Å². The Balaban J connectivity index is 2.42. The summed E-state index contributed by atoms with van der Waals surface area (Å²) in [5, 5.41) is 0. The molecule has 1 heterocycles. The highest BCUT2D eigenvalue weighted by Crippen LogP contribution is 2.09. The van der Waals surface area contributed by atoms with E-state index in [0.717, 1.165) is 13.1 Å². The lowest BCUT2D eigenvalue weighted by Gasteiger charge is -2.36. The predicted octanol–water partition coefficient (Wildman–Crippen LogP) is 0.372. The molecule has 1 atom stereocenters. The summed E-state index contributed by atoms with van der Waals surface area (Å²) in [6.07, 6.45) is 0.708. The first kappa shape index (κ1) is 18.9. The average molecular weight is 312 g/mol. The summed E-state index contributed by atoms with van der Waals surface area (Å²) < 4.78 is 0. The van der Waals surface area contributed by atoms with Crippen LogP contribution in [0.5, 0.6) is 0 Å². The van der Waals surface area contributed by atoms with Gasteiger partial charge in [0.05, 0.1) is 12.6 Å². The zero-order chi connectivity index (χ0) is 16.7. The van der Waals surface area contributed by atoms with Gasteiger partial charge in [-0.2, -0.15) is 0 Å². The maximum atomic E-state index is 12.3. The summed E-state index contributed by atoms with van der Waals surface area (Å²) in [4.78, 5) is 30.3. The molecule has 0 saturated carbocycles. The topological polar surface area (TPSA) is 69.9 Å². The molecule has 0 aromatic carbocycles. The number of piperazine rings is 1. The number of nitrogens with zero attached hydrogens (tertiary/aromatic N) is 3. The molecule has 22 heavy (non-hydrogen) atoms. The maximum Gasteiger partial charge on any atom is 0.239 e. The monoisotopic (exact) mass is 312 g/mol. The third-order valence-electron chi connectivity index (χ3n) is 4.24. The highest BCUT2D eigenvalue weighted by atomic mass is 16.2. The zero-order valence-corrected chi connectivity index (χ0v) is 14.5. The molecule has 1 aliphatic heterocycles. The van der Waals surface area contributed by atoms with Crippen LogP contribution in [0.4, 0.5) is 0 Å². The van der Waals surface area contributed by atoms with Gasteiger partial charge in [-0.15, -0.1) is 0 Å². The van der Waals surface area contributed by atoms with Gasteiger partial charge in [0, 0.05) is 26.2 Å². The van der Waals surface area contributed by atoms with Gasteiger partial charge in [-0.3, -0.25) is 14.5 Å². The quantitative estimate of drug-likeness (QED) is 0.737. The highest BCUT2D eigenvalue weighted by molar-refractivity contribution is 5.82. The van der Waals surface area contributed by atoms with E-state index in [0.29, 0.717) is 45.1 Å². The Hall–Kier alpha value is -1.14. The first-order valence-electron chi connectivity index (χ1n) is 8.43. The van der Waals surface area contributed by atoms with E-state index in [4.69, 9.17) is 5.73 Å². The van der Waals surface area contributed by atoms with Crippen LogP contribution in [0.1, 0.15) is 34.1 Å². The molecule has 0 radical (unpaired) electrons.